The molecule has 1 N–H and O–H groups in total. The van der Waals surface area contributed by atoms with Crippen molar-refractivity contribution in [2.75, 3.05) is 45.8 Å². The van der Waals surface area contributed by atoms with Crippen molar-refractivity contribution in [2.24, 2.45) is 0 Å². The third-order valence-corrected chi connectivity index (χ3v) is 4.40. The van der Waals surface area contributed by atoms with Gasteiger partial charge in [0, 0.05) is 45.3 Å². The monoisotopic (exact) mass is 327 g/mol. The first-order valence-corrected chi connectivity index (χ1v) is 8.41. The lowest BCUT2D eigenvalue weighted by Gasteiger charge is -2.42. The highest BCUT2D eigenvalue weighted by molar-refractivity contribution is 5.69. The number of nitrogens with zero attached hydrogens (tertiary/aromatic N) is 3. The molecule has 23 heavy (non-hydrogen) atoms. The maximum absolute atomic E-state index is 12.1. The van der Waals surface area contributed by atoms with Crippen LogP contribution in [0.1, 0.15) is 33.6 Å². The summed E-state index contributed by atoms with van der Waals surface area (Å²) >= 11 is 0. The molecule has 0 atom stereocenters. The fraction of sp³-hybridized carbons (Fsp3) is 0.875. The smallest absolute Gasteiger partial charge is 0.410 e. The van der Waals surface area contributed by atoms with Gasteiger partial charge in [0.05, 0.1) is 6.54 Å². The first kappa shape index (κ1) is 18.0. The molecule has 0 unspecified atom stereocenters. The Morgan fingerprint density at radius 3 is 2.09 bits per heavy atom. The van der Waals surface area contributed by atoms with E-state index in [0.717, 1.165) is 52.1 Å². The molecule has 0 spiro atoms. The molecule has 2 fully saturated rings. The van der Waals surface area contributed by atoms with Gasteiger partial charge in [-0.25, -0.2) is 4.79 Å². The van der Waals surface area contributed by atoms with E-state index in [-0.39, 0.29) is 12.6 Å². The second kappa shape index (κ2) is 7.49. The Balaban J connectivity index is 1.73. The van der Waals surface area contributed by atoms with Crippen molar-refractivity contribution < 1.29 is 19.4 Å². The number of hydrogen-bond acceptors (Lipinski definition) is 5. The van der Waals surface area contributed by atoms with E-state index in [4.69, 9.17) is 9.84 Å². The van der Waals surface area contributed by atoms with E-state index in [2.05, 4.69) is 4.90 Å². The number of piperidine rings is 1. The van der Waals surface area contributed by atoms with Crippen LogP contribution in [-0.2, 0) is 9.53 Å². The molecule has 1 amide bonds. The van der Waals surface area contributed by atoms with Gasteiger partial charge in [0.1, 0.15) is 5.60 Å². The molecule has 7 heteroatoms. The third-order valence-electron chi connectivity index (χ3n) is 4.40. The van der Waals surface area contributed by atoms with Crippen LogP contribution in [0.4, 0.5) is 4.79 Å². The van der Waals surface area contributed by atoms with Crippen LogP contribution < -0.4 is 0 Å². The lowest BCUT2D eigenvalue weighted by molar-refractivity contribution is -0.138. The van der Waals surface area contributed by atoms with Gasteiger partial charge in [-0.3, -0.25) is 14.6 Å². The summed E-state index contributed by atoms with van der Waals surface area (Å²) in [6, 6.07) is 0.487. The van der Waals surface area contributed by atoms with Gasteiger partial charge in [-0.2, -0.15) is 0 Å². The van der Waals surface area contributed by atoms with E-state index >= 15 is 0 Å². The summed E-state index contributed by atoms with van der Waals surface area (Å²) in [6.45, 7) is 10.7. The van der Waals surface area contributed by atoms with Gasteiger partial charge in [0.25, 0.3) is 0 Å². The van der Waals surface area contributed by atoms with Crippen LogP contribution in [0, 0.1) is 0 Å². The number of carbonyl (C=O) groups excluding carboxylic acids is 1. The predicted molar refractivity (Wildman–Crippen MR) is 86.5 cm³/mol. The van der Waals surface area contributed by atoms with Gasteiger partial charge in [-0.05, 0) is 33.6 Å². The average Bonchev–Trinajstić information content (AvgIpc) is 2.46. The fourth-order valence-corrected chi connectivity index (χ4v) is 3.22. The van der Waals surface area contributed by atoms with E-state index in [1.165, 1.54) is 0 Å². The van der Waals surface area contributed by atoms with Crippen LogP contribution in [0.2, 0.25) is 0 Å². The molecule has 2 aliphatic rings. The van der Waals surface area contributed by atoms with Crippen LogP contribution >= 0.6 is 0 Å². The zero-order chi connectivity index (χ0) is 17.0. The van der Waals surface area contributed by atoms with Crippen molar-refractivity contribution in [1.82, 2.24) is 14.7 Å². The van der Waals surface area contributed by atoms with Gasteiger partial charge in [0.15, 0.2) is 0 Å². The molecule has 0 bridgehead atoms. The Hall–Kier alpha value is -1.34. The highest BCUT2D eigenvalue weighted by Gasteiger charge is 2.31. The minimum absolute atomic E-state index is 0.130. The van der Waals surface area contributed by atoms with Crippen molar-refractivity contribution >= 4 is 12.1 Å². The highest BCUT2D eigenvalue weighted by Crippen LogP contribution is 2.20. The molecule has 2 heterocycles. The number of carboxylic acid groups (broad SMARTS) is 1. The lowest BCUT2D eigenvalue weighted by Crippen LogP contribution is -2.54. The Kier molecular flexibility index (Phi) is 5.86. The highest BCUT2D eigenvalue weighted by atomic mass is 16.6. The normalized spacial score (nSPS) is 22.1. The molecule has 0 aromatic rings. The second-order valence-electron chi connectivity index (χ2n) is 7.40. The number of likely N-dealkylation sites (tertiary alicyclic amines) is 1. The van der Waals surface area contributed by atoms with Crippen molar-refractivity contribution in [1.29, 1.82) is 0 Å². The molecule has 132 valence electrons. The largest absolute Gasteiger partial charge is 0.480 e. The number of amides is 1. The first-order chi connectivity index (χ1) is 10.7. The topological polar surface area (TPSA) is 73.3 Å². The Morgan fingerprint density at radius 1 is 1.04 bits per heavy atom. The van der Waals surface area contributed by atoms with Crippen molar-refractivity contribution in [3.8, 4) is 0 Å². The molecular formula is C16H29N3O4. The quantitative estimate of drug-likeness (QED) is 0.836. The zero-order valence-electron chi connectivity index (χ0n) is 14.5. The number of piperazine rings is 1. The van der Waals surface area contributed by atoms with Gasteiger partial charge in [0.2, 0.25) is 0 Å². The zero-order valence-corrected chi connectivity index (χ0v) is 14.5. The number of carbonyl (C=O) groups is 2. The van der Waals surface area contributed by atoms with Gasteiger partial charge < -0.3 is 14.7 Å². The minimum atomic E-state index is -0.760. The minimum Gasteiger partial charge on any atom is -0.480 e. The van der Waals surface area contributed by atoms with Crippen LogP contribution in [0.5, 0.6) is 0 Å². The molecule has 0 aliphatic carbocycles. The molecule has 2 rings (SSSR count). The fourth-order valence-electron chi connectivity index (χ4n) is 3.22. The van der Waals surface area contributed by atoms with E-state index in [0.29, 0.717) is 6.04 Å². The molecule has 0 saturated carbocycles. The molecule has 0 aromatic carbocycles. The summed E-state index contributed by atoms with van der Waals surface area (Å²) in [4.78, 5) is 29.0. The number of rotatable bonds is 3. The maximum Gasteiger partial charge on any atom is 0.410 e. The summed E-state index contributed by atoms with van der Waals surface area (Å²) in [5.41, 5.74) is -0.450. The average molecular weight is 327 g/mol. The Morgan fingerprint density at radius 2 is 1.61 bits per heavy atom. The van der Waals surface area contributed by atoms with Crippen LogP contribution in [-0.4, -0.2) is 89.3 Å². The summed E-state index contributed by atoms with van der Waals surface area (Å²) in [7, 11) is 0. The van der Waals surface area contributed by atoms with Gasteiger partial charge >= 0.3 is 12.1 Å². The summed E-state index contributed by atoms with van der Waals surface area (Å²) in [6.07, 6.45) is 1.69. The number of hydrogen-bond donors (Lipinski definition) is 1. The molecule has 0 radical (unpaired) electrons. The lowest BCUT2D eigenvalue weighted by atomic mass is 10.0. The van der Waals surface area contributed by atoms with Crippen molar-refractivity contribution in [3.63, 3.8) is 0 Å². The Bertz CT molecular complexity index is 420. The van der Waals surface area contributed by atoms with Gasteiger partial charge in [-0.1, -0.05) is 0 Å². The van der Waals surface area contributed by atoms with Crippen molar-refractivity contribution in [2.45, 2.75) is 45.3 Å². The number of carboxylic acids is 1. The molecule has 2 saturated heterocycles. The van der Waals surface area contributed by atoms with E-state index in [1.54, 1.807) is 4.90 Å². The Labute approximate surface area is 138 Å². The third kappa shape index (κ3) is 5.66. The molecule has 0 aromatic heterocycles. The first-order valence-electron chi connectivity index (χ1n) is 8.41. The number of ether oxygens (including phenoxy) is 1. The summed E-state index contributed by atoms with van der Waals surface area (Å²) in [5, 5.41) is 8.84. The maximum atomic E-state index is 12.1. The second-order valence-corrected chi connectivity index (χ2v) is 7.40. The van der Waals surface area contributed by atoms with E-state index in [1.807, 2.05) is 25.7 Å². The van der Waals surface area contributed by atoms with Crippen LogP contribution in [0.15, 0.2) is 0 Å². The molecule has 7 nitrogen and oxygen atoms in total. The number of aliphatic carboxylic acids is 1. The van der Waals surface area contributed by atoms with E-state index < -0.39 is 11.6 Å². The SMILES string of the molecule is CC(C)(C)OC(=O)N1CCC(N2CCN(CC(=O)O)CC2)CC1. The summed E-state index contributed by atoms with van der Waals surface area (Å²) in [5.74, 6) is -0.760. The summed E-state index contributed by atoms with van der Waals surface area (Å²) < 4.78 is 5.42. The van der Waals surface area contributed by atoms with Gasteiger partial charge in [-0.15, -0.1) is 0 Å². The van der Waals surface area contributed by atoms with Crippen molar-refractivity contribution in [3.05, 3.63) is 0 Å². The standard InChI is InChI=1S/C16H29N3O4/c1-16(2,3)23-15(22)19-6-4-13(5-7-19)18-10-8-17(9-11-18)12-14(20)21/h13H,4-12H2,1-3H3,(H,20,21). The van der Waals surface area contributed by atoms with Crippen LogP contribution in [0.3, 0.4) is 0 Å². The predicted octanol–water partition coefficient (Wildman–Crippen LogP) is 1.09. The van der Waals surface area contributed by atoms with E-state index in [9.17, 15) is 9.59 Å². The molecular weight excluding hydrogens is 298 g/mol. The molecule has 2 aliphatic heterocycles. The van der Waals surface area contributed by atoms with Crippen LogP contribution in [0.25, 0.3) is 0 Å².